The van der Waals surface area contributed by atoms with Crippen molar-refractivity contribution in [3.63, 3.8) is 0 Å². The SMILES string of the molecule is COc1ccc(N2C(=O)CN(CCc3ccccc3OC)C3CS(=O)(=O)CC32)cc1. The summed E-state index contributed by atoms with van der Waals surface area (Å²) in [4.78, 5) is 16.8. The number of benzene rings is 2. The van der Waals surface area contributed by atoms with Crippen molar-refractivity contribution in [3.8, 4) is 11.5 Å². The number of hydrogen-bond acceptors (Lipinski definition) is 6. The fourth-order valence-corrected chi connectivity index (χ4v) is 6.44. The van der Waals surface area contributed by atoms with Crippen molar-refractivity contribution in [1.29, 1.82) is 0 Å². The normalized spacial score (nSPS) is 23.3. The van der Waals surface area contributed by atoms with E-state index in [0.29, 0.717) is 24.4 Å². The Hall–Kier alpha value is -2.58. The van der Waals surface area contributed by atoms with Crippen LogP contribution in [0.4, 0.5) is 5.69 Å². The van der Waals surface area contributed by atoms with Crippen LogP contribution in [0, 0.1) is 0 Å². The minimum absolute atomic E-state index is 0.0133. The van der Waals surface area contributed by atoms with Crippen molar-refractivity contribution in [2.75, 3.05) is 43.7 Å². The standard InChI is InChI=1S/C22H26N2O5S/c1-28-18-9-7-17(8-10-18)24-20-15-30(26,27)14-19(20)23(13-22(24)25)12-11-16-5-3-4-6-21(16)29-2/h3-10,19-20H,11-15H2,1-2H3. The molecular formula is C22H26N2O5S. The van der Waals surface area contributed by atoms with Crippen molar-refractivity contribution in [3.05, 3.63) is 54.1 Å². The van der Waals surface area contributed by atoms with E-state index >= 15 is 0 Å². The first kappa shape index (κ1) is 20.7. The van der Waals surface area contributed by atoms with Crippen LogP contribution in [0.25, 0.3) is 0 Å². The maximum Gasteiger partial charge on any atom is 0.241 e. The van der Waals surface area contributed by atoms with Crippen LogP contribution in [0.3, 0.4) is 0 Å². The average molecular weight is 431 g/mol. The van der Waals surface area contributed by atoms with E-state index in [4.69, 9.17) is 9.47 Å². The molecule has 2 fully saturated rings. The van der Waals surface area contributed by atoms with Crippen LogP contribution in [0.2, 0.25) is 0 Å². The van der Waals surface area contributed by atoms with Gasteiger partial charge in [0.2, 0.25) is 5.91 Å². The van der Waals surface area contributed by atoms with E-state index in [2.05, 4.69) is 0 Å². The van der Waals surface area contributed by atoms with Gasteiger partial charge < -0.3 is 14.4 Å². The maximum absolute atomic E-state index is 13.1. The molecule has 7 nitrogen and oxygen atoms in total. The smallest absolute Gasteiger partial charge is 0.241 e. The summed E-state index contributed by atoms with van der Waals surface area (Å²) in [5.41, 5.74) is 1.75. The molecule has 8 heteroatoms. The first-order chi connectivity index (χ1) is 14.4. The van der Waals surface area contributed by atoms with Crippen LogP contribution in [0.1, 0.15) is 5.56 Å². The minimum Gasteiger partial charge on any atom is -0.497 e. The number of hydrogen-bond donors (Lipinski definition) is 0. The highest BCUT2D eigenvalue weighted by Gasteiger charge is 2.49. The third kappa shape index (κ3) is 4.02. The van der Waals surface area contributed by atoms with Gasteiger partial charge >= 0.3 is 0 Å². The minimum atomic E-state index is -3.22. The van der Waals surface area contributed by atoms with Crippen molar-refractivity contribution < 1.29 is 22.7 Å². The molecule has 2 aromatic rings. The summed E-state index contributed by atoms with van der Waals surface area (Å²) in [5, 5.41) is 0. The molecule has 2 unspecified atom stereocenters. The number of methoxy groups -OCH3 is 2. The van der Waals surface area contributed by atoms with Gasteiger partial charge in [-0.05, 0) is 42.3 Å². The van der Waals surface area contributed by atoms with Gasteiger partial charge in [-0.1, -0.05) is 18.2 Å². The second kappa shape index (κ2) is 8.28. The molecule has 0 radical (unpaired) electrons. The number of anilines is 1. The van der Waals surface area contributed by atoms with Crippen LogP contribution < -0.4 is 14.4 Å². The summed E-state index contributed by atoms with van der Waals surface area (Å²) < 4.78 is 35.6. The molecule has 160 valence electrons. The lowest BCUT2D eigenvalue weighted by atomic mass is 10.0. The molecule has 0 saturated carbocycles. The van der Waals surface area contributed by atoms with Crippen molar-refractivity contribution >= 4 is 21.4 Å². The van der Waals surface area contributed by atoms with Gasteiger partial charge in [-0.15, -0.1) is 0 Å². The van der Waals surface area contributed by atoms with E-state index in [9.17, 15) is 13.2 Å². The number of piperazine rings is 1. The summed E-state index contributed by atoms with van der Waals surface area (Å²) >= 11 is 0. The van der Waals surface area contributed by atoms with Gasteiger partial charge in [0.15, 0.2) is 9.84 Å². The van der Waals surface area contributed by atoms with E-state index in [0.717, 1.165) is 11.3 Å². The lowest BCUT2D eigenvalue weighted by Crippen LogP contribution is -2.62. The number of nitrogens with zero attached hydrogens (tertiary/aromatic N) is 2. The third-order valence-corrected chi connectivity index (χ3v) is 7.61. The lowest BCUT2D eigenvalue weighted by Gasteiger charge is -2.43. The number of para-hydroxylation sites is 1. The summed E-state index contributed by atoms with van der Waals surface area (Å²) in [6.45, 7) is 0.789. The Labute approximate surface area is 177 Å². The number of fused-ring (bicyclic) bond motifs is 1. The van der Waals surface area contributed by atoms with Crippen LogP contribution in [-0.4, -0.2) is 70.1 Å². The van der Waals surface area contributed by atoms with Gasteiger partial charge in [0.25, 0.3) is 0 Å². The molecule has 2 atom stereocenters. The monoisotopic (exact) mass is 430 g/mol. The Kier molecular flexibility index (Phi) is 5.71. The predicted molar refractivity (Wildman–Crippen MR) is 115 cm³/mol. The maximum atomic E-state index is 13.1. The Morgan fingerprint density at radius 3 is 2.37 bits per heavy atom. The molecule has 2 aromatic carbocycles. The van der Waals surface area contributed by atoms with E-state index in [1.807, 2.05) is 41.3 Å². The predicted octanol–water partition coefficient (Wildman–Crippen LogP) is 1.76. The number of sulfone groups is 1. The summed E-state index contributed by atoms with van der Waals surface area (Å²) in [7, 11) is -0.00158. The molecule has 0 aromatic heterocycles. The Bertz CT molecular complexity index is 1020. The van der Waals surface area contributed by atoms with Crippen LogP contribution in [-0.2, 0) is 21.1 Å². The molecular weight excluding hydrogens is 404 g/mol. The zero-order chi connectivity index (χ0) is 21.3. The van der Waals surface area contributed by atoms with E-state index in [1.54, 1.807) is 31.3 Å². The average Bonchev–Trinajstić information content (AvgIpc) is 3.07. The molecule has 2 aliphatic heterocycles. The van der Waals surface area contributed by atoms with Crippen LogP contribution in [0.15, 0.2) is 48.5 Å². The van der Waals surface area contributed by atoms with E-state index < -0.39 is 9.84 Å². The summed E-state index contributed by atoms with van der Waals surface area (Å²) in [6.07, 6.45) is 0.684. The topological polar surface area (TPSA) is 76.2 Å². The summed E-state index contributed by atoms with van der Waals surface area (Å²) in [6, 6.07) is 14.4. The second-order valence-corrected chi connectivity index (χ2v) is 9.86. The highest BCUT2D eigenvalue weighted by molar-refractivity contribution is 7.91. The van der Waals surface area contributed by atoms with Gasteiger partial charge in [0.1, 0.15) is 11.5 Å². The number of rotatable bonds is 6. The molecule has 4 rings (SSSR count). The first-order valence-corrected chi connectivity index (χ1v) is 11.8. The lowest BCUT2D eigenvalue weighted by molar-refractivity contribution is -0.123. The number of amides is 1. The number of carbonyl (C=O) groups excluding carboxylic acids is 1. The van der Waals surface area contributed by atoms with Crippen LogP contribution in [0.5, 0.6) is 11.5 Å². The Morgan fingerprint density at radius 1 is 0.967 bits per heavy atom. The van der Waals surface area contributed by atoms with Crippen molar-refractivity contribution in [2.45, 2.75) is 18.5 Å². The van der Waals surface area contributed by atoms with Gasteiger partial charge in [-0.3, -0.25) is 9.69 Å². The number of ether oxygens (including phenoxy) is 2. The Balaban J connectivity index is 1.57. The molecule has 30 heavy (non-hydrogen) atoms. The van der Waals surface area contributed by atoms with Crippen molar-refractivity contribution in [2.24, 2.45) is 0 Å². The fraction of sp³-hybridized carbons (Fsp3) is 0.409. The van der Waals surface area contributed by atoms with Gasteiger partial charge in [0, 0.05) is 18.3 Å². The molecule has 2 saturated heterocycles. The Morgan fingerprint density at radius 2 is 1.67 bits per heavy atom. The molecule has 0 bridgehead atoms. The van der Waals surface area contributed by atoms with Crippen molar-refractivity contribution in [1.82, 2.24) is 4.90 Å². The number of carbonyl (C=O) groups is 1. The second-order valence-electron chi connectivity index (χ2n) is 7.71. The highest BCUT2D eigenvalue weighted by atomic mass is 32.2. The quantitative estimate of drug-likeness (QED) is 0.695. The molecule has 2 heterocycles. The summed E-state index contributed by atoms with van der Waals surface area (Å²) in [5.74, 6) is 1.47. The highest BCUT2D eigenvalue weighted by Crippen LogP contribution is 2.32. The molecule has 0 N–H and O–H groups in total. The van der Waals surface area contributed by atoms with Gasteiger partial charge in [-0.25, -0.2) is 8.42 Å². The zero-order valence-electron chi connectivity index (χ0n) is 17.2. The fourth-order valence-electron chi connectivity index (χ4n) is 4.45. The largest absolute Gasteiger partial charge is 0.497 e. The van der Waals surface area contributed by atoms with E-state index in [1.165, 1.54) is 0 Å². The molecule has 1 amide bonds. The van der Waals surface area contributed by atoms with Gasteiger partial charge in [-0.2, -0.15) is 0 Å². The molecule has 2 aliphatic rings. The molecule has 0 spiro atoms. The third-order valence-electron chi connectivity index (χ3n) is 5.91. The van der Waals surface area contributed by atoms with Gasteiger partial charge in [0.05, 0.1) is 38.3 Å². The zero-order valence-corrected chi connectivity index (χ0v) is 18.0. The van der Waals surface area contributed by atoms with E-state index in [-0.39, 0.29) is 36.0 Å². The first-order valence-electron chi connectivity index (χ1n) is 9.94. The van der Waals surface area contributed by atoms with Crippen LogP contribution >= 0.6 is 0 Å². The molecule has 0 aliphatic carbocycles.